The van der Waals surface area contributed by atoms with Crippen LogP contribution in [0.5, 0.6) is 0 Å². The van der Waals surface area contributed by atoms with Gasteiger partial charge in [-0.1, -0.05) is 55.8 Å². The molecular formula is C26H28N6O2. The summed E-state index contributed by atoms with van der Waals surface area (Å²) in [4.78, 5) is 24.9. The Morgan fingerprint density at radius 2 is 1.79 bits per heavy atom. The number of unbranched alkanes of at least 4 members (excludes halogenated alkanes) is 1. The fraction of sp³-hybridized carbons (Fsp3) is 0.269. The zero-order valence-electron chi connectivity index (χ0n) is 19.4. The summed E-state index contributed by atoms with van der Waals surface area (Å²) in [6.07, 6.45) is 6.49. The normalized spacial score (nSPS) is 11.8. The highest BCUT2D eigenvalue weighted by molar-refractivity contribution is 6.02. The monoisotopic (exact) mass is 456 g/mol. The van der Waals surface area contributed by atoms with Crippen LogP contribution in [0.3, 0.4) is 0 Å². The van der Waals surface area contributed by atoms with Gasteiger partial charge in [-0.25, -0.2) is 0 Å². The number of nitrogens with zero attached hydrogens (tertiary/aromatic N) is 4. The molecule has 174 valence electrons. The second-order valence-corrected chi connectivity index (χ2v) is 8.24. The number of Topliss-reactive ketones (excluding diaryl/α,β-unsaturated/α-hetero) is 1. The molecule has 8 heteroatoms. The first-order chi connectivity index (χ1) is 16.6. The zero-order valence-corrected chi connectivity index (χ0v) is 19.4. The Labute approximate surface area is 198 Å². The van der Waals surface area contributed by atoms with Crippen molar-refractivity contribution in [1.29, 1.82) is 0 Å². The van der Waals surface area contributed by atoms with Crippen LogP contribution < -0.4 is 5.32 Å². The number of H-pyrrole nitrogens is 1. The molecule has 0 aliphatic heterocycles. The maximum atomic E-state index is 12.8. The Morgan fingerprint density at radius 1 is 1.03 bits per heavy atom. The van der Waals surface area contributed by atoms with E-state index in [1.54, 1.807) is 29.1 Å². The van der Waals surface area contributed by atoms with E-state index in [1.807, 2.05) is 24.3 Å². The lowest BCUT2D eigenvalue weighted by Crippen LogP contribution is -2.35. The van der Waals surface area contributed by atoms with Crippen molar-refractivity contribution >= 4 is 11.7 Å². The third-order valence-electron chi connectivity index (χ3n) is 5.80. The van der Waals surface area contributed by atoms with Crippen LogP contribution in [0.1, 0.15) is 43.9 Å². The lowest BCUT2D eigenvalue weighted by atomic mass is 9.91. The second-order valence-electron chi connectivity index (χ2n) is 8.24. The Kier molecular flexibility index (Phi) is 7.27. The minimum Gasteiger partial charge on any atom is -0.350 e. The standard InChI is InChI=1S/C26H28N6O2/c1-3-4-9-20-16-19(17-27-26(34)24(18(2)33)32-14-7-8-15-32)12-13-21(20)22-10-5-6-11-23(22)25-28-30-31-29-25/h5-8,10-16,24H,3-4,9,17H2,1-2H3,(H,27,34)(H,28,29,30,31)/t24-/m0/s1. The van der Waals surface area contributed by atoms with Gasteiger partial charge in [0.25, 0.3) is 5.91 Å². The van der Waals surface area contributed by atoms with Gasteiger partial charge in [0.2, 0.25) is 5.82 Å². The van der Waals surface area contributed by atoms with Crippen LogP contribution in [0.2, 0.25) is 0 Å². The molecule has 2 aromatic carbocycles. The summed E-state index contributed by atoms with van der Waals surface area (Å²) in [6.45, 7) is 3.94. The number of tetrazole rings is 1. The minimum atomic E-state index is -0.865. The molecule has 0 radical (unpaired) electrons. The van der Waals surface area contributed by atoms with E-state index in [0.717, 1.165) is 41.5 Å². The van der Waals surface area contributed by atoms with Gasteiger partial charge < -0.3 is 9.88 Å². The van der Waals surface area contributed by atoms with E-state index in [1.165, 1.54) is 12.5 Å². The van der Waals surface area contributed by atoms with E-state index in [2.05, 4.69) is 51.1 Å². The third-order valence-corrected chi connectivity index (χ3v) is 5.80. The molecule has 0 aliphatic carbocycles. The smallest absolute Gasteiger partial charge is 0.251 e. The van der Waals surface area contributed by atoms with Gasteiger partial charge in [-0.15, -0.1) is 10.2 Å². The van der Waals surface area contributed by atoms with Gasteiger partial charge in [-0.2, -0.15) is 5.21 Å². The summed E-state index contributed by atoms with van der Waals surface area (Å²) in [5, 5.41) is 17.5. The highest BCUT2D eigenvalue weighted by Crippen LogP contribution is 2.33. The number of benzene rings is 2. The van der Waals surface area contributed by atoms with E-state index in [-0.39, 0.29) is 11.7 Å². The number of hydrogen-bond acceptors (Lipinski definition) is 5. The molecule has 0 fully saturated rings. The lowest BCUT2D eigenvalue weighted by Gasteiger charge is -2.17. The fourth-order valence-corrected chi connectivity index (χ4v) is 4.12. The summed E-state index contributed by atoms with van der Waals surface area (Å²) in [5.41, 5.74) is 5.23. The molecule has 0 unspecified atom stereocenters. The van der Waals surface area contributed by atoms with Crippen molar-refractivity contribution in [3.05, 3.63) is 78.1 Å². The molecule has 1 atom stereocenters. The molecule has 2 aromatic heterocycles. The van der Waals surface area contributed by atoms with E-state index < -0.39 is 6.04 Å². The maximum absolute atomic E-state index is 12.8. The van der Waals surface area contributed by atoms with Gasteiger partial charge in [-0.05, 0) is 59.4 Å². The van der Waals surface area contributed by atoms with Crippen LogP contribution in [-0.2, 0) is 22.6 Å². The van der Waals surface area contributed by atoms with Crippen LogP contribution in [0.25, 0.3) is 22.5 Å². The number of hydrogen-bond donors (Lipinski definition) is 2. The molecule has 4 aromatic rings. The van der Waals surface area contributed by atoms with Gasteiger partial charge in [0.05, 0.1) is 0 Å². The molecule has 2 heterocycles. The first-order valence-corrected chi connectivity index (χ1v) is 11.4. The summed E-state index contributed by atoms with van der Waals surface area (Å²) in [6, 6.07) is 17.0. The van der Waals surface area contributed by atoms with Crippen molar-refractivity contribution in [3.63, 3.8) is 0 Å². The van der Waals surface area contributed by atoms with Gasteiger partial charge in [0.1, 0.15) is 0 Å². The molecule has 0 spiro atoms. The zero-order chi connectivity index (χ0) is 23.9. The molecule has 0 saturated heterocycles. The average Bonchev–Trinajstić information content (AvgIpc) is 3.56. The number of nitrogens with one attached hydrogen (secondary N) is 2. The molecule has 0 bridgehead atoms. The van der Waals surface area contributed by atoms with Crippen molar-refractivity contribution in [3.8, 4) is 22.5 Å². The largest absolute Gasteiger partial charge is 0.350 e. The van der Waals surface area contributed by atoms with Crippen molar-refractivity contribution in [2.24, 2.45) is 0 Å². The van der Waals surface area contributed by atoms with Gasteiger partial charge in [-0.3, -0.25) is 9.59 Å². The maximum Gasteiger partial charge on any atom is 0.251 e. The van der Waals surface area contributed by atoms with Gasteiger partial charge in [0, 0.05) is 24.5 Å². The number of amides is 1. The number of aromatic nitrogens is 5. The number of carbonyl (C=O) groups excluding carboxylic acids is 2. The quantitative estimate of drug-likeness (QED) is 0.349. The summed E-state index contributed by atoms with van der Waals surface area (Å²) >= 11 is 0. The molecular weight excluding hydrogens is 428 g/mol. The van der Waals surface area contributed by atoms with Crippen LogP contribution in [0.4, 0.5) is 0 Å². The summed E-state index contributed by atoms with van der Waals surface area (Å²) in [7, 11) is 0. The van der Waals surface area contributed by atoms with Crippen LogP contribution >= 0.6 is 0 Å². The lowest BCUT2D eigenvalue weighted by molar-refractivity contribution is -0.132. The number of aryl methyl sites for hydroxylation is 1. The van der Waals surface area contributed by atoms with Crippen LogP contribution in [-0.4, -0.2) is 36.9 Å². The predicted octanol–water partition coefficient (Wildman–Crippen LogP) is 4.12. The molecule has 4 rings (SSSR count). The van der Waals surface area contributed by atoms with E-state index >= 15 is 0 Å². The number of rotatable bonds is 10. The van der Waals surface area contributed by atoms with Crippen molar-refractivity contribution < 1.29 is 9.59 Å². The van der Waals surface area contributed by atoms with E-state index in [4.69, 9.17) is 0 Å². The molecule has 0 aliphatic rings. The first kappa shape index (κ1) is 23.1. The predicted molar refractivity (Wildman–Crippen MR) is 130 cm³/mol. The highest BCUT2D eigenvalue weighted by atomic mass is 16.2. The first-order valence-electron chi connectivity index (χ1n) is 11.4. The third kappa shape index (κ3) is 5.11. The topological polar surface area (TPSA) is 106 Å². The number of carbonyl (C=O) groups is 2. The summed E-state index contributed by atoms with van der Waals surface area (Å²) in [5.74, 6) is 0.0322. The van der Waals surface area contributed by atoms with Crippen LogP contribution in [0.15, 0.2) is 67.0 Å². The Balaban J connectivity index is 1.60. The summed E-state index contributed by atoms with van der Waals surface area (Å²) < 4.78 is 1.63. The van der Waals surface area contributed by atoms with E-state index in [9.17, 15) is 9.59 Å². The minimum absolute atomic E-state index is 0.203. The van der Waals surface area contributed by atoms with Crippen molar-refractivity contribution in [2.45, 2.75) is 45.7 Å². The van der Waals surface area contributed by atoms with Crippen LogP contribution in [0, 0.1) is 0 Å². The Morgan fingerprint density at radius 3 is 2.47 bits per heavy atom. The highest BCUT2D eigenvalue weighted by Gasteiger charge is 2.24. The van der Waals surface area contributed by atoms with Crippen molar-refractivity contribution in [1.82, 2.24) is 30.5 Å². The second kappa shape index (κ2) is 10.7. The molecule has 1 amide bonds. The Bertz CT molecular complexity index is 1250. The number of ketones is 1. The molecule has 2 N–H and O–H groups in total. The molecule has 0 saturated carbocycles. The average molecular weight is 457 g/mol. The molecule has 8 nitrogen and oxygen atoms in total. The van der Waals surface area contributed by atoms with Gasteiger partial charge >= 0.3 is 0 Å². The van der Waals surface area contributed by atoms with E-state index in [0.29, 0.717) is 12.4 Å². The number of aromatic amines is 1. The van der Waals surface area contributed by atoms with Gasteiger partial charge in [0.15, 0.2) is 11.8 Å². The fourth-order valence-electron chi connectivity index (χ4n) is 4.12. The van der Waals surface area contributed by atoms with Crippen molar-refractivity contribution in [2.75, 3.05) is 0 Å². The molecule has 34 heavy (non-hydrogen) atoms. The Hall–Kier alpha value is -4.07. The SMILES string of the molecule is CCCCc1cc(CNC(=O)[C@H](C(C)=O)n2cccc2)ccc1-c1ccccc1-c1nn[nH]n1.